The largest absolute Gasteiger partial charge is 0.478 e. The molecule has 10 nitrogen and oxygen atoms in total. The van der Waals surface area contributed by atoms with E-state index in [-0.39, 0.29) is 5.56 Å². The molecule has 3 aromatic rings. The van der Waals surface area contributed by atoms with Gasteiger partial charge in [0.1, 0.15) is 16.5 Å². The van der Waals surface area contributed by atoms with Crippen LogP contribution in [0.3, 0.4) is 0 Å². The van der Waals surface area contributed by atoms with Gasteiger partial charge in [0.15, 0.2) is 5.13 Å². The summed E-state index contributed by atoms with van der Waals surface area (Å²) >= 11 is 6.79. The topological polar surface area (TPSA) is 124 Å². The lowest BCUT2D eigenvalue weighted by Crippen LogP contribution is -2.44. The molecule has 12 heteroatoms. The number of likely N-dealkylation sites (N-methyl/N-ethyl adjacent to an activating group) is 1. The number of carboxylic acids is 1. The van der Waals surface area contributed by atoms with Crippen LogP contribution in [0.4, 0.5) is 22.7 Å². The molecule has 3 heterocycles. The number of nitrogens with one attached hydrogen (secondary N) is 2. The molecule has 0 amide bonds. The third kappa shape index (κ3) is 5.79. The molecule has 2 aromatic heterocycles. The number of carbonyl (C=O) groups excluding carboxylic acids is 1. The molecule has 1 aromatic carbocycles. The van der Waals surface area contributed by atoms with E-state index >= 15 is 0 Å². The summed E-state index contributed by atoms with van der Waals surface area (Å²) in [4.78, 5) is 41.1. The highest BCUT2D eigenvalue weighted by Gasteiger charge is 2.19. The van der Waals surface area contributed by atoms with E-state index in [1.165, 1.54) is 0 Å². The van der Waals surface area contributed by atoms with Gasteiger partial charge in [-0.3, -0.25) is 10.1 Å². The number of nitrogens with zero attached hydrogens (tertiary/aromatic N) is 5. The van der Waals surface area contributed by atoms with E-state index in [0.29, 0.717) is 34.0 Å². The third-order valence-electron chi connectivity index (χ3n) is 5.41. The maximum atomic E-state index is 11.6. The molecule has 1 saturated heterocycles. The normalized spacial score (nSPS) is 14.1. The molecule has 0 unspecified atom stereocenters. The zero-order valence-corrected chi connectivity index (χ0v) is 20.3. The highest BCUT2D eigenvalue weighted by Crippen LogP contribution is 2.28. The summed E-state index contributed by atoms with van der Waals surface area (Å²) < 4.78 is 0. The Bertz CT molecular complexity index is 1190. The summed E-state index contributed by atoms with van der Waals surface area (Å²) in [6, 6.07) is 8.57. The number of piperazine rings is 1. The van der Waals surface area contributed by atoms with Crippen LogP contribution in [0.25, 0.3) is 0 Å². The van der Waals surface area contributed by atoms with Gasteiger partial charge in [0.05, 0.1) is 11.3 Å². The van der Waals surface area contributed by atoms with Gasteiger partial charge in [0, 0.05) is 38.8 Å². The summed E-state index contributed by atoms with van der Waals surface area (Å²) in [5.41, 5.74) is 1.70. The Kier molecular flexibility index (Phi) is 7.25. The van der Waals surface area contributed by atoms with Crippen molar-refractivity contribution >= 4 is 56.9 Å². The SMILES string of the molecule is Cc1nc(Nc2nc(NCc3ccc(C(=O)O)cc3)cc(N3CCN(C)CC3)n2)sc1C(=O)Cl. The van der Waals surface area contributed by atoms with Crippen molar-refractivity contribution in [2.45, 2.75) is 13.5 Å². The molecule has 1 fully saturated rings. The molecule has 0 aliphatic carbocycles. The first-order valence-electron chi connectivity index (χ1n) is 10.6. The lowest BCUT2D eigenvalue weighted by atomic mass is 10.1. The Labute approximate surface area is 205 Å². The molecule has 0 bridgehead atoms. The number of carboxylic acid groups (broad SMARTS) is 1. The average molecular weight is 502 g/mol. The van der Waals surface area contributed by atoms with E-state index in [2.05, 4.69) is 42.4 Å². The molecule has 1 aliphatic heterocycles. The fourth-order valence-corrected chi connectivity index (χ4v) is 4.51. The van der Waals surface area contributed by atoms with Crippen LogP contribution >= 0.6 is 22.9 Å². The van der Waals surface area contributed by atoms with Crippen LogP contribution in [0.5, 0.6) is 0 Å². The van der Waals surface area contributed by atoms with Gasteiger partial charge in [-0.05, 0) is 43.3 Å². The predicted molar refractivity (Wildman–Crippen MR) is 133 cm³/mol. The van der Waals surface area contributed by atoms with Crippen molar-refractivity contribution in [2.75, 3.05) is 48.8 Å². The molecule has 178 valence electrons. The maximum absolute atomic E-state index is 11.6. The summed E-state index contributed by atoms with van der Waals surface area (Å²) in [6.45, 7) is 5.71. The van der Waals surface area contributed by atoms with Crippen molar-refractivity contribution in [3.8, 4) is 0 Å². The first kappa shape index (κ1) is 23.9. The van der Waals surface area contributed by atoms with Crippen molar-refractivity contribution in [2.24, 2.45) is 0 Å². The number of hydrogen-bond donors (Lipinski definition) is 3. The number of aryl methyl sites for hydroxylation is 1. The lowest BCUT2D eigenvalue weighted by Gasteiger charge is -2.33. The molecular formula is C22H24ClN7O3S. The maximum Gasteiger partial charge on any atom is 0.335 e. The fourth-order valence-electron chi connectivity index (χ4n) is 3.46. The van der Waals surface area contributed by atoms with Crippen molar-refractivity contribution in [3.05, 3.63) is 52.0 Å². The van der Waals surface area contributed by atoms with Crippen molar-refractivity contribution in [1.29, 1.82) is 0 Å². The minimum absolute atomic E-state index is 0.239. The number of aromatic nitrogens is 3. The van der Waals surface area contributed by atoms with Crippen LogP contribution in [-0.4, -0.2) is 69.4 Å². The molecule has 34 heavy (non-hydrogen) atoms. The number of carbonyl (C=O) groups is 2. The molecular weight excluding hydrogens is 478 g/mol. The summed E-state index contributed by atoms with van der Waals surface area (Å²) in [6.07, 6.45) is 0. The first-order valence-corrected chi connectivity index (χ1v) is 11.8. The fraction of sp³-hybridized carbons (Fsp3) is 0.318. The van der Waals surface area contributed by atoms with Crippen molar-refractivity contribution < 1.29 is 14.7 Å². The molecule has 0 atom stereocenters. The Morgan fingerprint density at radius 3 is 2.44 bits per heavy atom. The van der Waals surface area contributed by atoms with Gasteiger partial charge in [-0.1, -0.05) is 23.5 Å². The molecule has 4 rings (SSSR count). The minimum atomic E-state index is -0.959. The van der Waals surface area contributed by atoms with Gasteiger partial charge in [-0.15, -0.1) is 0 Å². The number of hydrogen-bond acceptors (Lipinski definition) is 10. The molecule has 0 radical (unpaired) electrons. The Morgan fingerprint density at radius 2 is 1.82 bits per heavy atom. The van der Waals surface area contributed by atoms with Crippen LogP contribution in [0, 0.1) is 6.92 Å². The summed E-state index contributed by atoms with van der Waals surface area (Å²) in [5.74, 6) is 0.772. The summed E-state index contributed by atoms with van der Waals surface area (Å²) in [7, 11) is 2.09. The van der Waals surface area contributed by atoms with Gasteiger partial charge >= 0.3 is 5.97 Å². The van der Waals surface area contributed by atoms with Crippen LogP contribution in [0.15, 0.2) is 30.3 Å². The van der Waals surface area contributed by atoms with E-state index in [9.17, 15) is 9.59 Å². The number of rotatable bonds is 8. The highest BCUT2D eigenvalue weighted by atomic mass is 35.5. The van der Waals surface area contributed by atoms with E-state index in [4.69, 9.17) is 16.7 Å². The molecule has 1 aliphatic rings. The quantitative estimate of drug-likeness (QED) is 0.395. The average Bonchev–Trinajstić information content (AvgIpc) is 3.18. The predicted octanol–water partition coefficient (Wildman–Crippen LogP) is 3.43. The standard InChI is InChI=1S/C22H24ClN7O3S/c1-13-18(19(23)31)34-22(25-13)28-21-26-16(11-17(27-21)30-9-7-29(2)8-10-30)24-12-14-3-5-15(6-4-14)20(32)33/h3-6,11H,7-10,12H2,1-2H3,(H,32,33)(H2,24,25,26,27,28). The van der Waals surface area contributed by atoms with Gasteiger partial charge < -0.3 is 20.2 Å². The number of benzene rings is 1. The second kappa shape index (κ2) is 10.3. The van der Waals surface area contributed by atoms with Crippen LogP contribution < -0.4 is 15.5 Å². The second-order valence-corrected chi connectivity index (χ2v) is 9.26. The monoisotopic (exact) mass is 501 g/mol. The number of aromatic carboxylic acids is 1. The second-order valence-electron chi connectivity index (χ2n) is 7.91. The Hall–Kier alpha value is -3.28. The zero-order chi connectivity index (χ0) is 24.2. The van der Waals surface area contributed by atoms with E-state index in [0.717, 1.165) is 48.9 Å². The van der Waals surface area contributed by atoms with E-state index < -0.39 is 11.2 Å². The number of halogens is 1. The lowest BCUT2D eigenvalue weighted by molar-refractivity contribution is 0.0696. The van der Waals surface area contributed by atoms with Gasteiger partial charge in [0.25, 0.3) is 5.24 Å². The third-order valence-corrected chi connectivity index (χ3v) is 6.78. The van der Waals surface area contributed by atoms with Gasteiger partial charge in [-0.2, -0.15) is 9.97 Å². The van der Waals surface area contributed by atoms with Gasteiger partial charge in [-0.25, -0.2) is 9.78 Å². The van der Waals surface area contributed by atoms with Crippen molar-refractivity contribution in [1.82, 2.24) is 19.9 Å². The smallest absolute Gasteiger partial charge is 0.335 e. The Morgan fingerprint density at radius 1 is 1.12 bits per heavy atom. The van der Waals surface area contributed by atoms with E-state index in [1.807, 2.05) is 6.07 Å². The zero-order valence-electron chi connectivity index (χ0n) is 18.7. The van der Waals surface area contributed by atoms with E-state index in [1.54, 1.807) is 31.2 Å². The van der Waals surface area contributed by atoms with Crippen molar-refractivity contribution in [3.63, 3.8) is 0 Å². The Balaban J connectivity index is 1.57. The minimum Gasteiger partial charge on any atom is -0.478 e. The highest BCUT2D eigenvalue weighted by molar-refractivity contribution is 7.19. The number of thiazole rings is 1. The number of anilines is 4. The van der Waals surface area contributed by atoms with Crippen LogP contribution in [-0.2, 0) is 6.54 Å². The summed E-state index contributed by atoms with van der Waals surface area (Å²) in [5, 5.41) is 15.4. The van der Waals surface area contributed by atoms with Crippen LogP contribution in [0.2, 0.25) is 0 Å². The van der Waals surface area contributed by atoms with Gasteiger partial charge in [0.2, 0.25) is 5.95 Å². The van der Waals surface area contributed by atoms with Crippen LogP contribution in [0.1, 0.15) is 31.3 Å². The first-order chi connectivity index (χ1) is 16.3. The molecule has 0 spiro atoms. The molecule has 0 saturated carbocycles. The molecule has 3 N–H and O–H groups in total.